The molecule has 21 heavy (non-hydrogen) atoms. The van der Waals surface area contributed by atoms with Crippen LogP contribution in [0, 0.1) is 6.92 Å². The number of methoxy groups -OCH3 is 3. The Morgan fingerprint density at radius 3 is 1.95 bits per heavy atom. The van der Waals surface area contributed by atoms with Gasteiger partial charge in [0.05, 0.1) is 26.9 Å². The molecule has 0 bridgehead atoms. The molecule has 4 heteroatoms. The summed E-state index contributed by atoms with van der Waals surface area (Å²) in [6.45, 7) is 2.58. The molecule has 0 unspecified atom stereocenters. The predicted molar refractivity (Wildman–Crippen MR) is 84.2 cm³/mol. The van der Waals surface area contributed by atoms with E-state index in [1.54, 1.807) is 21.3 Å². The van der Waals surface area contributed by atoms with Gasteiger partial charge in [-0.2, -0.15) is 0 Å². The predicted octanol–water partition coefficient (Wildman–Crippen LogP) is 3.15. The van der Waals surface area contributed by atoms with Crippen molar-refractivity contribution in [3.8, 4) is 28.4 Å². The van der Waals surface area contributed by atoms with Gasteiger partial charge in [0, 0.05) is 18.7 Å². The number of rotatable bonds is 5. The van der Waals surface area contributed by atoms with Crippen molar-refractivity contribution in [2.45, 2.75) is 13.5 Å². The summed E-state index contributed by atoms with van der Waals surface area (Å²) in [6, 6.07) is 9.86. The molecule has 2 aromatic rings. The lowest BCUT2D eigenvalue weighted by Gasteiger charge is -2.17. The molecule has 2 N–H and O–H groups in total. The smallest absolute Gasteiger partial charge is 0.134 e. The molecule has 0 aliphatic rings. The van der Waals surface area contributed by atoms with Crippen LogP contribution in [0.5, 0.6) is 17.2 Å². The lowest BCUT2D eigenvalue weighted by Crippen LogP contribution is -1.99. The average molecular weight is 287 g/mol. The number of aryl methyl sites for hydroxylation is 1. The summed E-state index contributed by atoms with van der Waals surface area (Å²) in [6.07, 6.45) is 0. The van der Waals surface area contributed by atoms with Crippen LogP contribution >= 0.6 is 0 Å². The first kappa shape index (κ1) is 15.2. The van der Waals surface area contributed by atoms with E-state index in [0.717, 1.165) is 33.8 Å². The Hall–Kier alpha value is -2.20. The molecule has 0 aliphatic carbocycles. The third-order valence-electron chi connectivity index (χ3n) is 3.51. The highest BCUT2D eigenvalue weighted by Crippen LogP contribution is 2.43. The minimum Gasteiger partial charge on any atom is -0.496 e. The quantitative estimate of drug-likeness (QED) is 0.918. The van der Waals surface area contributed by atoms with Gasteiger partial charge in [-0.15, -0.1) is 0 Å². The lowest BCUT2D eigenvalue weighted by molar-refractivity contribution is 0.377. The normalized spacial score (nSPS) is 10.3. The zero-order valence-electron chi connectivity index (χ0n) is 12.9. The molecule has 0 heterocycles. The van der Waals surface area contributed by atoms with Crippen LogP contribution in [0.1, 0.15) is 11.1 Å². The minimum atomic E-state index is 0.526. The summed E-state index contributed by atoms with van der Waals surface area (Å²) >= 11 is 0. The number of hydrogen-bond acceptors (Lipinski definition) is 4. The van der Waals surface area contributed by atoms with Crippen molar-refractivity contribution >= 4 is 0 Å². The Labute approximate surface area is 125 Å². The summed E-state index contributed by atoms with van der Waals surface area (Å²) in [5.41, 5.74) is 9.89. The Balaban J connectivity index is 2.67. The fourth-order valence-electron chi connectivity index (χ4n) is 2.40. The molecule has 0 aliphatic heterocycles. The molecule has 0 aromatic heterocycles. The molecule has 0 amide bonds. The highest BCUT2D eigenvalue weighted by Gasteiger charge is 2.17. The van der Waals surface area contributed by atoms with Crippen LogP contribution in [-0.2, 0) is 6.54 Å². The molecule has 112 valence electrons. The topological polar surface area (TPSA) is 53.7 Å². The Morgan fingerprint density at radius 2 is 1.52 bits per heavy atom. The van der Waals surface area contributed by atoms with Gasteiger partial charge >= 0.3 is 0 Å². The maximum Gasteiger partial charge on any atom is 0.134 e. The molecule has 0 radical (unpaired) electrons. The molecule has 0 fully saturated rings. The third-order valence-corrected chi connectivity index (χ3v) is 3.51. The SMILES string of the molecule is COc1cc(OC)c(-c2ccc(CN)cc2C)c(OC)c1. The average Bonchev–Trinajstić information content (AvgIpc) is 2.53. The van der Waals surface area contributed by atoms with Crippen LogP contribution in [0.25, 0.3) is 11.1 Å². The van der Waals surface area contributed by atoms with Gasteiger partial charge < -0.3 is 19.9 Å². The molecule has 2 rings (SSSR count). The molecular formula is C17H21NO3. The molecule has 0 saturated heterocycles. The molecule has 0 atom stereocenters. The monoisotopic (exact) mass is 287 g/mol. The van der Waals surface area contributed by atoms with E-state index in [9.17, 15) is 0 Å². The van der Waals surface area contributed by atoms with Crippen LogP contribution < -0.4 is 19.9 Å². The highest BCUT2D eigenvalue weighted by molar-refractivity contribution is 5.80. The van der Waals surface area contributed by atoms with Gasteiger partial charge in [-0.05, 0) is 23.6 Å². The first-order chi connectivity index (χ1) is 10.1. The van der Waals surface area contributed by atoms with Gasteiger partial charge in [0.2, 0.25) is 0 Å². The minimum absolute atomic E-state index is 0.526. The first-order valence-corrected chi connectivity index (χ1v) is 6.74. The maximum atomic E-state index is 5.69. The van der Waals surface area contributed by atoms with Crippen molar-refractivity contribution in [2.75, 3.05) is 21.3 Å². The van der Waals surface area contributed by atoms with Crippen LogP contribution in [-0.4, -0.2) is 21.3 Å². The van der Waals surface area contributed by atoms with Crippen molar-refractivity contribution in [2.24, 2.45) is 5.73 Å². The largest absolute Gasteiger partial charge is 0.496 e. The van der Waals surface area contributed by atoms with Crippen molar-refractivity contribution in [1.82, 2.24) is 0 Å². The Bertz CT molecular complexity index is 613. The molecule has 2 aromatic carbocycles. The zero-order chi connectivity index (χ0) is 15.4. The summed E-state index contributed by atoms with van der Waals surface area (Å²) in [4.78, 5) is 0. The third kappa shape index (κ3) is 2.95. The molecule has 0 spiro atoms. The van der Waals surface area contributed by atoms with Crippen molar-refractivity contribution in [3.63, 3.8) is 0 Å². The lowest BCUT2D eigenvalue weighted by atomic mass is 9.96. The second-order valence-corrected chi connectivity index (χ2v) is 4.76. The van der Waals surface area contributed by atoms with Crippen molar-refractivity contribution in [1.29, 1.82) is 0 Å². The zero-order valence-corrected chi connectivity index (χ0v) is 12.9. The molecular weight excluding hydrogens is 266 g/mol. The van der Waals surface area contributed by atoms with E-state index >= 15 is 0 Å². The Morgan fingerprint density at radius 1 is 0.905 bits per heavy atom. The Kier molecular flexibility index (Phi) is 4.70. The van der Waals surface area contributed by atoms with Gasteiger partial charge in [0.15, 0.2) is 0 Å². The van der Waals surface area contributed by atoms with E-state index < -0.39 is 0 Å². The number of benzene rings is 2. The van der Waals surface area contributed by atoms with E-state index in [-0.39, 0.29) is 0 Å². The van der Waals surface area contributed by atoms with Crippen LogP contribution in [0.15, 0.2) is 30.3 Å². The summed E-state index contributed by atoms with van der Waals surface area (Å²) in [5, 5.41) is 0. The molecule has 4 nitrogen and oxygen atoms in total. The van der Waals surface area contributed by atoms with Gasteiger partial charge in [-0.3, -0.25) is 0 Å². The maximum absolute atomic E-state index is 5.69. The number of hydrogen-bond donors (Lipinski definition) is 1. The van der Waals surface area contributed by atoms with Crippen LogP contribution in [0.2, 0.25) is 0 Å². The second kappa shape index (κ2) is 6.50. The van der Waals surface area contributed by atoms with Crippen LogP contribution in [0.3, 0.4) is 0 Å². The van der Waals surface area contributed by atoms with E-state index in [0.29, 0.717) is 12.3 Å². The fourth-order valence-corrected chi connectivity index (χ4v) is 2.40. The van der Waals surface area contributed by atoms with E-state index in [4.69, 9.17) is 19.9 Å². The summed E-state index contributed by atoms with van der Waals surface area (Å²) in [7, 11) is 4.90. The van der Waals surface area contributed by atoms with Crippen molar-refractivity contribution < 1.29 is 14.2 Å². The fraction of sp³-hybridized carbons (Fsp3) is 0.294. The number of nitrogens with two attached hydrogens (primary N) is 1. The second-order valence-electron chi connectivity index (χ2n) is 4.76. The van der Waals surface area contributed by atoms with Crippen LogP contribution in [0.4, 0.5) is 0 Å². The summed E-state index contributed by atoms with van der Waals surface area (Å²) in [5.74, 6) is 2.13. The van der Waals surface area contributed by atoms with Crippen molar-refractivity contribution in [3.05, 3.63) is 41.5 Å². The molecule has 0 saturated carbocycles. The highest BCUT2D eigenvalue weighted by atomic mass is 16.5. The number of ether oxygens (including phenoxy) is 3. The van der Waals surface area contributed by atoms with Gasteiger partial charge in [0.1, 0.15) is 17.2 Å². The van der Waals surface area contributed by atoms with E-state index in [1.807, 2.05) is 24.3 Å². The van der Waals surface area contributed by atoms with E-state index in [2.05, 4.69) is 13.0 Å². The van der Waals surface area contributed by atoms with E-state index in [1.165, 1.54) is 0 Å². The van der Waals surface area contributed by atoms with Gasteiger partial charge in [-0.25, -0.2) is 0 Å². The first-order valence-electron chi connectivity index (χ1n) is 6.74. The van der Waals surface area contributed by atoms with Gasteiger partial charge in [-0.1, -0.05) is 18.2 Å². The van der Waals surface area contributed by atoms with Gasteiger partial charge in [0.25, 0.3) is 0 Å². The standard InChI is InChI=1S/C17H21NO3/c1-11-7-12(10-18)5-6-14(11)17-15(20-3)8-13(19-2)9-16(17)21-4/h5-9H,10,18H2,1-4H3. The summed E-state index contributed by atoms with van der Waals surface area (Å²) < 4.78 is 16.3.